The fourth-order valence-electron chi connectivity index (χ4n) is 4.22. The van der Waals surface area contributed by atoms with E-state index in [0.717, 1.165) is 24.0 Å². The zero-order valence-corrected chi connectivity index (χ0v) is 24.3. The first-order valence-electron chi connectivity index (χ1n) is 14.5. The first-order valence-corrected chi connectivity index (χ1v) is 14.5. The third kappa shape index (κ3) is 14.2. The van der Waals surface area contributed by atoms with Gasteiger partial charge in [-0.25, -0.2) is 4.79 Å². The lowest BCUT2D eigenvalue weighted by molar-refractivity contribution is 0.0322. The van der Waals surface area contributed by atoms with Gasteiger partial charge in [-0.15, -0.1) is 0 Å². The fraction of sp³-hybridized carbons (Fsp3) is 0.545. The van der Waals surface area contributed by atoms with Gasteiger partial charge in [0.1, 0.15) is 0 Å². The molecule has 39 heavy (non-hydrogen) atoms. The lowest BCUT2D eigenvalue weighted by Crippen LogP contribution is -2.06. The lowest BCUT2D eigenvalue weighted by Gasteiger charge is -2.12. The third-order valence-electron chi connectivity index (χ3n) is 6.48. The Balaban J connectivity index is 1.67. The maximum Gasteiger partial charge on any atom is 0.338 e. The molecule has 216 valence electrons. The van der Waals surface area contributed by atoms with Crippen LogP contribution < -0.4 is 9.47 Å². The molecule has 0 heterocycles. The number of hydrogen-bond acceptors (Lipinski definition) is 6. The highest BCUT2D eigenvalue weighted by Gasteiger charge is 2.08. The standard InChI is InChI=1S/C33H48O6/c1-4-5-6-7-8-9-10-11-12-13-14-15-24-37-33(34)30-21-18-28(19-22-30)16-17-29-20-23-31(38-26-35-2)32(25-29)39-27-36-3/h16-23,25H,4-15,24,26-27H2,1-3H3. The van der Waals surface area contributed by atoms with Crippen molar-refractivity contribution >= 4 is 18.1 Å². The average molecular weight is 541 g/mol. The second-order valence-corrected chi connectivity index (χ2v) is 9.79. The maximum absolute atomic E-state index is 12.4. The minimum Gasteiger partial charge on any atom is -0.464 e. The van der Waals surface area contributed by atoms with Gasteiger partial charge in [-0.1, -0.05) is 108 Å². The van der Waals surface area contributed by atoms with Crippen molar-refractivity contribution in [1.82, 2.24) is 0 Å². The van der Waals surface area contributed by atoms with Gasteiger partial charge in [0.2, 0.25) is 0 Å². The van der Waals surface area contributed by atoms with E-state index < -0.39 is 0 Å². The van der Waals surface area contributed by atoms with Crippen molar-refractivity contribution in [2.24, 2.45) is 0 Å². The zero-order chi connectivity index (χ0) is 28.0. The molecule has 0 aliphatic rings. The van der Waals surface area contributed by atoms with Gasteiger partial charge in [0.25, 0.3) is 0 Å². The van der Waals surface area contributed by atoms with Crippen molar-refractivity contribution in [3.63, 3.8) is 0 Å². The summed E-state index contributed by atoms with van der Waals surface area (Å²) in [4.78, 5) is 12.4. The van der Waals surface area contributed by atoms with E-state index in [2.05, 4.69) is 6.92 Å². The molecule has 0 bridgehead atoms. The summed E-state index contributed by atoms with van der Waals surface area (Å²) in [5, 5.41) is 0. The summed E-state index contributed by atoms with van der Waals surface area (Å²) < 4.78 is 26.6. The maximum atomic E-state index is 12.4. The molecule has 0 amide bonds. The zero-order valence-electron chi connectivity index (χ0n) is 24.3. The van der Waals surface area contributed by atoms with Crippen LogP contribution in [0.2, 0.25) is 0 Å². The van der Waals surface area contributed by atoms with Gasteiger partial charge in [0, 0.05) is 14.2 Å². The van der Waals surface area contributed by atoms with Crippen LogP contribution in [0.4, 0.5) is 0 Å². The van der Waals surface area contributed by atoms with Crippen molar-refractivity contribution in [2.75, 3.05) is 34.4 Å². The van der Waals surface area contributed by atoms with Crippen LogP contribution in [0, 0.1) is 0 Å². The first kappa shape index (κ1) is 32.4. The fourth-order valence-corrected chi connectivity index (χ4v) is 4.22. The number of carbonyl (C=O) groups is 1. The van der Waals surface area contributed by atoms with E-state index in [-0.39, 0.29) is 19.6 Å². The molecule has 0 N–H and O–H groups in total. The SMILES string of the molecule is CCCCCCCCCCCCCCOC(=O)c1ccc(C=Cc2ccc(OCOC)c(OCOC)c2)cc1. The smallest absolute Gasteiger partial charge is 0.338 e. The monoisotopic (exact) mass is 540 g/mol. The molecule has 2 aromatic rings. The highest BCUT2D eigenvalue weighted by molar-refractivity contribution is 5.89. The molecule has 0 aliphatic carbocycles. The van der Waals surface area contributed by atoms with Gasteiger partial charge in [-0.2, -0.15) is 0 Å². The predicted molar refractivity (Wildman–Crippen MR) is 158 cm³/mol. The van der Waals surface area contributed by atoms with Crippen molar-refractivity contribution in [1.29, 1.82) is 0 Å². The number of unbranched alkanes of at least 4 members (excludes halogenated alkanes) is 11. The molecule has 0 atom stereocenters. The molecule has 0 saturated carbocycles. The minimum atomic E-state index is -0.264. The van der Waals surface area contributed by atoms with Crippen molar-refractivity contribution in [3.8, 4) is 11.5 Å². The number of rotatable bonds is 22. The molecule has 6 nitrogen and oxygen atoms in total. The van der Waals surface area contributed by atoms with E-state index in [4.69, 9.17) is 23.7 Å². The Morgan fingerprint density at radius 2 is 1.15 bits per heavy atom. The van der Waals surface area contributed by atoms with E-state index in [9.17, 15) is 4.79 Å². The number of methoxy groups -OCH3 is 2. The molecule has 0 saturated heterocycles. The van der Waals surface area contributed by atoms with Crippen molar-refractivity contribution in [3.05, 3.63) is 59.2 Å². The number of hydrogen-bond donors (Lipinski definition) is 0. The van der Waals surface area contributed by atoms with Gasteiger partial charge in [0.15, 0.2) is 25.1 Å². The molecule has 6 heteroatoms. The van der Waals surface area contributed by atoms with Gasteiger partial charge >= 0.3 is 5.97 Å². The molecule has 0 radical (unpaired) electrons. The first-order chi connectivity index (χ1) is 19.2. The largest absolute Gasteiger partial charge is 0.464 e. The van der Waals surface area contributed by atoms with Gasteiger partial charge in [-0.3, -0.25) is 0 Å². The second kappa shape index (κ2) is 21.0. The molecule has 0 fully saturated rings. The van der Waals surface area contributed by atoms with Crippen molar-refractivity contribution in [2.45, 2.75) is 84.0 Å². The third-order valence-corrected chi connectivity index (χ3v) is 6.48. The summed E-state index contributed by atoms with van der Waals surface area (Å²) in [6.07, 6.45) is 19.4. The number of benzene rings is 2. The van der Waals surface area contributed by atoms with Crippen LogP contribution in [0.15, 0.2) is 42.5 Å². The summed E-state index contributed by atoms with van der Waals surface area (Å²) in [5.41, 5.74) is 2.49. The minimum absolute atomic E-state index is 0.118. The average Bonchev–Trinajstić information content (AvgIpc) is 2.96. The molecule has 2 rings (SSSR count). The van der Waals surface area contributed by atoms with Crippen LogP contribution in [0.25, 0.3) is 12.2 Å². The predicted octanol–water partition coefficient (Wildman–Crippen LogP) is 8.68. The second-order valence-electron chi connectivity index (χ2n) is 9.79. The molecule has 2 aromatic carbocycles. The molecule has 0 unspecified atom stereocenters. The van der Waals surface area contributed by atoms with Crippen LogP contribution in [0.1, 0.15) is 105 Å². The Morgan fingerprint density at radius 1 is 0.641 bits per heavy atom. The highest BCUT2D eigenvalue weighted by Crippen LogP contribution is 2.29. The van der Waals surface area contributed by atoms with Gasteiger partial charge in [-0.05, 0) is 41.8 Å². The summed E-state index contributed by atoms with van der Waals surface area (Å²) in [5.74, 6) is 0.889. The normalized spacial score (nSPS) is 11.2. The topological polar surface area (TPSA) is 63.2 Å². The molecule has 0 aliphatic heterocycles. The van der Waals surface area contributed by atoms with Crippen LogP contribution >= 0.6 is 0 Å². The van der Waals surface area contributed by atoms with Crippen molar-refractivity contribution < 1.29 is 28.5 Å². The van der Waals surface area contributed by atoms with E-state index in [1.165, 1.54) is 64.2 Å². The quantitative estimate of drug-likeness (QED) is 0.0644. The van der Waals surface area contributed by atoms with E-state index in [0.29, 0.717) is 23.7 Å². The number of carbonyl (C=O) groups excluding carboxylic acids is 1. The molecular formula is C33H48O6. The summed E-state index contributed by atoms with van der Waals surface area (Å²) in [6, 6.07) is 13.1. The Labute approximate surface area is 235 Å². The Kier molecular flexibility index (Phi) is 17.5. The van der Waals surface area contributed by atoms with Crippen LogP contribution in [0.3, 0.4) is 0 Å². The molecular weight excluding hydrogens is 492 g/mol. The van der Waals surface area contributed by atoms with Gasteiger partial charge in [0.05, 0.1) is 12.2 Å². The van der Waals surface area contributed by atoms with E-state index in [1.54, 1.807) is 26.4 Å². The summed E-state index contributed by atoms with van der Waals surface area (Å²) in [7, 11) is 3.13. The number of esters is 1. The summed E-state index contributed by atoms with van der Waals surface area (Å²) >= 11 is 0. The Morgan fingerprint density at radius 3 is 1.74 bits per heavy atom. The van der Waals surface area contributed by atoms with Crippen LogP contribution in [-0.4, -0.2) is 40.4 Å². The summed E-state index contributed by atoms with van der Waals surface area (Å²) in [6.45, 7) is 2.99. The Bertz CT molecular complexity index is 938. The number of ether oxygens (including phenoxy) is 5. The lowest BCUT2D eigenvalue weighted by atomic mass is 10.1. The highest BCUT2D eigenvalue weighted by atomic mass is 16.7. The van der Waals surface area contributed by atoms with E-state index in [1.807, 2.05) is 42.5 Å². The van der Waals surface area contributed by atoms with Crippen LogP contribution in [0.5, 0.6) is 11.5 Å². The molecule has 0 spiro atoms. The molecule has 0 aromatic heterocycles. The van der Waals surface area contributed by atoms with E-state index >= 15 is 0 Å². The van der Waals surface area contributed by atoms with Crippen LogP contribution in [-0.2, 0) is 14.2 Å². The van der Waals surface area contributed by atoms with Gasteiger partial charge < -0.3 is 23.7 Å². The Hall–Kier alpha value is -2.83.